The van der Waals surface area contributed by atoms with Crippen molar-refractivity contribution in [3.05, 3.63) is 0 Å². The molecule has 0 radical (unpaired) electrons. The maximum atomic E-state index is 12.0. The minimum atomic E-state index is -0.574. The molecule has 0 aliphatic heterocycles. The minimum Gasteiger partial charge on any atom is -0.444 e. The van der Waals surface area contributed by atoms with Crippen LogP contribution in [0.5, 0.6) is 0 Å². The molecule has 0 aromatic carbocycles. The zero-order chi connectivity index (χ0) is 13.8. The molecule has 6 heteroatoms. The Morgan fingerprint density at radius 3 is 2.12 bits per heavy atom. The van der Waals surface area contributed by atoms with Crippen LogP contribution in [0, 0.1) is 0 Å². The molecule has 3 N–H and O–H groups in total. The summed E-state index contributed by atoms with van der Waals surface area (Å²) in [6.45, 7) is 10.7. The average molecular weight is 245 g/mol. The molecule has 0 aromatic heterocycles. The normalized spacial score (nSPS) is 14.6. The molecule has 0 rings (SSSR count). The lowest BCUT2D eigenvalue weighted by Crippen LogP contribution is -2.51. The van der Waals surface area contributed by atoms with Gasteiger partial charge in [-0.05, 0) is 41.5 Å². The number of amidine groups is 1. The summed E-state index contributed by atoms with van der Waals surface area (Å²) in [5.74, 6) is -0.0236. The molecule has 1 amide bonds. The topological polar surface area (TPSA) is 88.2 Å². The Balaban J connectivity index is 4.93. The van der Waals surface area contributed by atoms with Crippen LogP contribution in [0.4, 0.5) is 4.79 Å². The molecule has 0 aromatic rings. The van der Waals surface area contributed by atoms with Gasteiger partial charge in [-0.2, -0.15) is 0 Å². The molecule has 17 heavy (non-hydrogen) atoms. The number of carbonyl (C=O) groups is 1. The molecule has 0 unspecified atom stereocenters. The molecule has 0 saturated heterocycles. The van der Waals surface area contributed by atoms with E-state index in [0.717, 1.165) is 0 Å². The summed E-state index contributed by atoms with van der Waals surface area (Å²) < 4.78 is 5.27. The first-order chi connectivity index (χ1) is 7.60. The van der Waals surface area contributed by atoms with Crippen LogP contribution >= 0.6 is 0 Å². The van der Waals surface area contributed by atoms with Crippen molar-refractivity contribution in [1.29, 1.82) is 0 Å². The van der Waals surface area contributed by atoms with E-state index in [2.05, 4.69) is 5.16 Å². The molecular formula is C11H23N3O3. The first-order valence-electron chi connectivity index (χ1n) is 5.59. The number of nitrogens with two attached hydrogens (primary N) is 1. The smallest absolute Gasteiger partial charge is 0.411 e. The fourth-order valence-corrected chi connectivity index (χ4v) is 1.36. The summed E-state index contributed by atoms with van der Waals surface area (Å²) in [6.07, 6.45) is -0.480. The second-order valence-corrected chi connectivity index (χ2v) is 5.18. The van der Waals surface area contributed by atoms with E-state index in [1.165, 1.54) is 4.90 Å². The third-order valence-corrected chi connectivity index (χ3v) is 2.12. The SMILES string of the molecule is CC(C)N(C(=O)OC(C)(C)C)[C@@H](C)C(N)=NO. The van der Waals surface area contributed by atoms with E-state index in [1.54, 1.807) is 27.7 Å². The van der Waals surface area contributed by atoms with E-state index in [9.17, 15) is 4.79 Å². The largest absolute Gasteiger partial charge is 0.444 e. The van der Waals surface area contributed by atoms with Crippen molar-refractivity contribution in [2.24, 2.45) is 10.9 Å². The number of hydrogen-bond acceptors (Lipinski definition) is 4. The van der Waals surface area contributed by atoms with E-state index < -0.39 is 17.7 Å². The lowest BCUT2D eigenvalue weighted by atomic mass is 10.2. The highest BCUT2D eigenvalue weighted by Gasteiger charge is 2.30. The van der Waals surface area contributed by atoms with Crippen LogP contribution < -0.4 is 5.73 Å². The Kier molecular flexibility index (Phi) is 5.25. The number of oxime groups is 1. The lowest BCUT2D eigenvalue weighted by Gasteiger charge is -2.33. The van der Waals surface area contributed by atoms with Crippen molar-refractivity contribution in [3.8, 4) is 0 Å². The maximum absolute atomic E-state index is 12.0. The summed E-state index contributed by atoms with van der Waals surface area (Å²) in [4.78, 5) is 13.4. The van der Waals surface area contributed by atoms with Gasteiger partial charge in [0, 0.05) is 6.04 Å². The number of nitrogens with zero attached hydrogens (tertiary/aromatic N) is 2. The van der Waals surface area contributed by atoms with E-state index in [1.807, 2.05) is 13.8 Å². The van der Waals surface area contributed by atoms with Crippen molar-refractivity contribution >= 4 is 11.9 Å². The zero-order valence-electron chi connectivity index (χ0n) is 11.4. The van der Waals surface area contributed by atoms with Crippen molar-refractivity contribution in [2.75, 3.05) is 0 Å². The fraction of sp³-hybridized carbons (Fsp3) is 0.818. The predicted octanol–water partition coefficient (Wildman–Crippen LogP) is 1.77. The monoisotopic (exact) mass is 245 g/mol. The van der Waals surface area contributed by atoms with E-state index in [4.69, 9.17) is 15.7 Å². The second-order valence-electron chi connectivity index (χ2n) is 5.18. The van der Waals surface area contributed by atoms with Crippen molar-refractivity contribution in [2.45, 2.75) is 59.2 Å². The molecule has 100 valence electrons. The van der Waals surface area contributed by atoms with Gasteiger partial charge >= 0.3 is 6.09 Å². The third-order valence-electron chi connectivity index (χ3n) is 2.12. The van der Waals surface area contributed by atoms with Crippen molar-refractivity contribution in [1.82, 2.24) is 4.90 Å². The Morgan fingerprint density at radius 2 is 1.82 bits per heavy atom. The van der Waals surface area contributed by atoms with Gasteiger partial charge in [0.1, 0.15) is 5.60 Å². The fourth-order valence-electron chi connectivity index (χ4n) is 1.36. The lowest BCUT2D eigenvalue weighted by molar-refractivity contribution is 0.0158. The molecule has 6 nitrogen and oxygen atoms in total. The van der Waals surface area contributed by atoms with Gasteiger partial charge in [0.05, 0.1) is 6.04 Å². The molecular weight excluding hydrogens is 222 g/mol. The standard InChI is InChI=1S/C11H23N3O3/c1-7(2)14(8(3)9(12)13-16)10(15)17-11(4,5)6/h7-8,16H,1-6H3,(H2,12,13)/t8-/m0/s1. The molecule has 0 spiro atoms. The number of rotatable bonds is 3. The molecule has 0 saturated carbocycles. The number of ether oxygens (including phenoxy) is 1. The number of carbonyl (C=O) groups excluding carboxylic acids is 1. The van der Waals surface area contributed by atoms with Crippen molar-refractivity contribution < 1.29 is 14.7 Å². The summed E-state index contributed by atoms with van der Waals surface area (Å²) in [5.41, 5.74) is 4.93. The van der Waals surface area contributed by atoms with Gasteiger partial charge in [0.2, 0.25) is 0 Å². The highest BCUT2D eigenvalue weighted by molar-refractivity contribution is 5.88. The molecule has 0 aliphatic rings. The highest BCUT2D eigenvalue weighted by atomic mass is 16.6. The maximum Gasteiger partial charge on any atom is 0.411 e. The van der Waals surface area contributed by atoms with Crippen LogP contribution in [0.25, 0.3) is 0 Å². The summed E-state index contributed by atoms with van der Waals surface area (Å²) >= 11 is 0. The average Bonchev–Trinajstić information content (AvgIpc) is 2.12. The zero-order valence-corrected chi connectivity index (χ0v) is 11.4. The Labute approximate surface area is 102 Å². The van der Waals surface area contributed by atoms with Gasteiger partial charge in [0.25, 0.3) is 0 Å². The van der Waals surface area contributed by atoms with Crippen LogP contribution in [-0.4, -0.2) is 39.7 Å². The Bertz CT molecular complexity index is 295. The van der Waals surface area contributed by atoms with Gasteiger partial charge in [-0.15, -0.1) is 0 Å². The molecule has 1 atom stereocenters. The first-order valence-corrected chi connectivity index (χ1v) is 5.59. The van der Waals surface area contributed by atoms with E-state index in [-0.39, 0.29) is 11.9 Å². The Hall–Kier alpha value is -1.46. The van der Waals surface area contributed by atoms with E-state index >= 15 is 0 Å². The van der Waals surface area contributed by atoms with Gasteiger partial charge in [0.15, 0.2) is 5.84 Å². The quantitative estimate of drug-likeness (QED) is 0.343. The van der Waals surface area contributed by atoms with Crippen LogP contribution in [0.3, 0.4) is 0 Å². The molecule has 0 bridgehead atoms. The molecule has 0 heterocycles. The van der Waals surface area contributed by atoms with Gasteiger partial charge in [-0.1, -0.05) is 5.16 Å². The summed E-state index contributed by atoms with van der Waals surface area (Å²) in [6, 6.07) is -0.630. The number of hydrogen-bond donors (Lipinski definition) is 2. The van der Waals surface area contributed by atoms with Gasteiger partial charge in [-0.3, -0.25) is 4.90 Å². The second kappa shape index (κ2) is 5.75. The van der Waals surface area contributed by atoms with Crippen molar-refractivity contribution in [3.63, 3.8) is 0 Å². The third kappa shape index (κ3) is 4.93. The Morgan fingerprint density at radius 1 is 1.35 bits per heavy atom. The highest BCUT2D eigenvalue weighted by Crippen LogP contribution is 2.14. The summed E-state index contributed by atoms with van der Waals surface area (Å²) in [7, 11) is 0. The first kappa shape index (κ1) is 15.5. The van der Waals surface area contributed by atoms with E-state index in [0.29, 0.717) is 0 Å². The van der Waals surface area contributed by atoms with Gasteiger partial charge in [-0.25, -0.2) is 4.79 Å². The van der Waals surface area contributed by atoms with Crippen LogP contribution in [0.2, 0.25) is 0 Å². The van der Waals surface area contributed by atoms with Crippen LogP contribution in [0.15, 0.2) is 5.16 Å². The van der Waals surface area contributed by atoms with Gasteiger partial charge < -0.3 is 15.7 Å². The minimum absolute atomic E-state index is 0.0236. The molecule has 0 fully saturated rings. The number of amides is 1. The van der Waals surface area contributed by atoms with Crippen LogP contribution in [0.1, 0.15) is 41.5 Å². The molecule has 0 aliphatic carbocycles. The van der Waals surface area contributed by atoms with Crippen LogP contribution in [-0.2, 0) is 4.74 Å². The predicted molar refractivity (Wildman–Crippen MR) is 66.1 cm³/mol. The summed E-state index contributed by atoms with van der Waals surface area (Å²) in [5, 5.41) is 11.5.